The fraction of sp³-hybridized carbons (Fsp3) is 0.261. The maximum atomic E-state index is 13.0. The normalized spacial score (nSPS) is 17.9. The number of aryl methyl sites for hydroxylation is 2. The molecule has 2 heterocycles. The molecule has 2 aromatic carbocycles. The van der Waals surface area contributed by atoms with Crippen LogP contribution in [0, 0.1) is 19.7 Å². The van der Waals surface area contributed by atoms with E-state index < -0.39 is 23.9 Å². The number of benzene rings is 2. The van der Waals surface area contributed by atoms with Crippen molar-refractivity contribution in [2.75, 3.05) is 13.2 Å². The van der Waals surface area contributed by atoms with Crippen LogP contribution in [-0.2, 0) is 20.9 Å². The number of carbonyl (C=O) groups is 3. The van der Waals surface area contributed by atoms with Crippen molar-refractivity contribution in [2.45, 2.75) is 26.4 Å². The number of carbonyl (C=O) groups excluding carboxylic acids is 3. The number of nitrogens with one attached hydrogen (secondary N) is 2. The van der Waals surface area contributed by atoms with E-state index in [1.54, 1.807) is 12.1 Å². The lowest BCUT2D eigenvalue weighted by Gasteiger charge is -2.33. The fourth-order valence-corrected chi connectivity index (χ4v) is 3.78. The van der Waals surface area contributed by atoms with Crippen LogP contribution in [0.3, 0.4) is 0 Å². The van der Waals surface area contributed by atoms with Crippen LogP contribution in [-0.4, -0.2) is 36.0 Å². The lowest BCUT2D eigenvalue weighted by atomic mass is 9.91. The summed E-state index contributed by atoms with van der Waals surface area (Å²) < 4.78 is 18.2. The van der Waals surface area contributed by atoms with Gasteiger partial charge in [-0.15, -0.1) is 0 Å². The third-order valence-electron chi connectivity index (χ3n) is 5.45. The van der Waals surface area contributed by atoms with Crippen molar-refractivity contribution in [1.29, 1.82) is 0 Å². The first-order chi connectivity index (χ1) is 14.8. The van der Waals surface area contributed by atoms with Gasteiger partial charge in [0.2, 0.25) is 5.91 Å². The summed E-state index contributed by atoms with van der Waals surface area (Å²) in [7, 11) is 0. The van der Waals surface area contributed by atoms with Gasteiger partial charge < -0.3 is 15.4 Å². The summed E-state index contributed by atoms with van der Waals surface area (Å²) in [4.78, 5) is 39.0. The Hall–Kier alpha value is -3.68. The minimum atomic E-state index is -0.629. The molecule has 0 aliphatic carbocycles. The molecule has 2 aliphatic rings. The van der Waals surface area contributed by atoms with Crippen molar-refractivity contribution in [2.24, 2.45) is 0 Å². The number of nitrogens with zero attached hydrogens (tertiary/aromatic N) is 1. The first kappa shape index (κ1) is 20.6. The zero-order valence-electron chi connectivity index (χ0n) is 17.2. The van der Waals surface area contributed by atoms with Crippen LogP contribution < -0.4 is 10.6 Å². The number of esters is 1. The lowest BCUT2D eigenvalue weighted by molar-refractivity contribution is -0.136. The fourth-order valence-electron chi connectivity index (χ4n) is 3.78. The molecular formula is C23H22FN3O4. The van der Waals surface area contributed by atoms with Crippen molar-refractivity contribution >= 4 is 17.9 Å². The molecule has 8 heteroatoms. The van der Waals surface area contributed by atoms with Gasteiger partial charge >= 0.3 is 12.0 Å². The van der Waals surface area contributed by atoms with Gasteiger partial charge in [0.15, 0.2) is 0 Å². The van der Waals surface area contributed by atoms with E-state index >= 15 is 0 Å². The summed E-state index contributed by atoms with van der Waals surface area (Å²) in [6, 6.07) is 10.5. The Kier molecular flexibility index (Phi) is 5.46. The molecule has 4 rings (SSSR count). The Morgan fingerprint density at radius 3 is 2.68 bits per heavy atom. The summed E-state index contributed by atoms with van der Waals surface area (Å²) in [6.45, 7) is 3.72. The minimum absolute atomic E-state index is 0.0613. The molecule has 2 aromatic rings. The molecule has 7 nitrogen and oxygen atoms in total. The molecule has 31 heavy (non-hydrogen) atoms. The third kappa shape index (κ3) is 4.14. The van der Waals surface area contributed by atoms with Crippen LogP contribution in [0.5, 0.6) is 0 Å². The van der Waals surface area contributed by atoms with Crippen LogP contribution in [0.2, 0.25) is 0 Å². The number of hydrogen-bond acceptors (Lipinski definition) is 4. The van der Waals surface area contributed by atoms with Gasteiger partial charge in [0.25, 0.3) is 0 Å². The molecule has 1 unspecified atom stereocenters. The van der Waals surface area contributed by atoms with Crippen molar-refractivity contribution < 1.29 is 23.5 Å². The van der Waals surface area contributed by atoms with Crippen molar-refractivity contribution in [1.82, 2.24) is 15.5 Å². The van der Waals surface area contributed by atoms with E-state index in [2.05, 4.69) is 10.6 Å². The smallest absolute Gasteiger partial charge is 0.338 e. The Labute approximate surface area is 178 Å². The highest BCUT2D eigenvalue weighted by atomic mass is 19.1. The summed E-state index contributed by atoms with van der Waals surface area (Å²) in [5.74, 6) is -1.27. The monoisotopic (exact) mass is 423 g/mol. The van der Waals surface area contributed by atoms with Crippen molar-refractivity contribution in [3.8, 4) is 0 Å². The molecule has 2 aliphatic heterocycles. The molecule has 2 N–H and O–H groups in total. The zero-order valence-corrected chi connectivity index (χ0v) is 17.2. The predicted molar refractivity (Wildman–Crippen MR) is 110 cm³/mol. The quantitative estimate of drug-likeness (QED) is 0.724. The maximum Gasteiger partial charge on any atom is 0.338 e. The Balaban J connectivity index is 1.54. The standard InChI is InChI=1S/C23H22FN3O4/c1-13-3-4-14(2)17(9-13)21-20-18(12-31-22(20)29)27(23(30)26-21)11-19(28)25-10-15-5-7-16(24)8-6-15/h3-9,21H,10-12H2,1-2H3,(H,25,28)(H,26,30). The zero-order chi connectivity index (χ0) is 22.1. The number of hydrogen-bond donors (Lipinski definition) is 2. The Bertz CT molecular complexity index is 1090. The molecule has 0 radical (unpaired) electrons. The molecule has 0 bridgehead atoms. The summed E-state index contributed by atoms with van der Waals surface area (Å²) >= 11 is 0. The van der Waals surface area contributed by atoms with Crippen molar-refractivity contribution in [3.05, 3.63) is 81.8 Å². The summed E-state index contributed by atoms with van der Waals surface area (Å²) in [5, 5.41) is 5.55. The highest BCUT2D eigenvalue weighted by Gasteiger charge is 2.43. The molecule has 160 valence electrons. The number of urea groups is 1. The summed E-state index contributed by atoms with van der Waals surface area (Å²) in [6.07, 6.45) is 0. The number of amides is 3. The second kappa shape index (κ2) is 8.22. The Morgan fingerprint density at radius 2 is 1.94 bits per heavy atom. The van der Waals surface area contributed by atoms with E-state index in [1.165, 1.54) is 17.0 Å². The molecule has 0 fully saturated rings. The van der Waals surface area contributed by atoms with E-state index in [0.717, 1.165) is 22.3 Å². The lowest BCUT2D eigenvalue weighted by Crippen LogP contribution is -2.50. The number of rotatable bonds is 5. The van der Waals surface area contributed by atoms with E-state index in [4.69, 9.17) is 4.74 Å². The van der Waals surface area contributed by atoms with Crippen molar-refractivity contribution in [3.63, 3.8) is 0 Å². The first-order valence-corrected chi connectivity index (χ1v) is 9.90. The highest BCUT2D eigenvalue weighted by molar-refractivity contribution is 5.98. The van der Waals surface area contributed by atoms with Gasteiger partial charge in [0.05, 0.1) is 17.3 Å². The van der Waals surface area contributed by atoms with Crippen LogP contribution in [0.15, 0.2) is 53.7 Å². The maximum absolute atomic E-state index is 13.0. The molecule has 1 atom stereocenters. The molecule has 0 saturated carbocycles. The Morgan fingerprint density at radius 1 is 1.19 bits per heavy atom. The predicted octanol–water partition coefficient (Wildman–Crippen LogP) is 2.64. The van der Waals surface area contributed by atoms with Crippen LogP contribution >= 0.6 is 0 Å². The topological polar surface area (TPSA) is 87.7 Å². The van der Waals surface area contributed by atoms with Gasteiger partial charge in [0, 0.05) is 6.54 Å². The second-order valence-electron chi connectivity index (χ2n) is 7.67. The number of ether oxygens (including phenoxy) is 1. The van der Waals surface area contributed by atoms with E-state index in [9.17, 15) is 18.8 Å². The average molecular weight is 423 g/mol. The molecule has 0 spiro atoms. The van der Waals surface area contributed by atoms with E-state index in [0.29, 0.717) is 11.3 Å². The van der Waals surface area contributed by atoms with Gasteiger partial charge in [-0.3, -0.25) is 9.69 Å². The van der Waals surface area contributed by atoms with Gasteiger partial charge in [-0.05, 0) is 42.7 Å². The second-order valence-corrected chi connectivity index (χ2v) is 7.67. The van der Waals surface area contributed by atoms with E-state index in [1.807, 2.05) is 32.0 Å². The van der Waals surface area contributed by atoms with Crippen LogP contribution in [0.25, 0.3) is 0 Å². The number of cyclic esters (lactones) is 1. The average Bonchev–Trinajstić information content (AvgIpc) is 3.13. The van der Waals surface area contributed by atoms with Gasteiger partial charge in [-0.25, -0.2) is 14.0 Å². The SMILES string of the molecule is Cc1ccc(C)c(C2NC(=O)N(CC(=O)NCc3ccc(F)cc3)C3=C2C(=O)OC3)c1. The third-order valence-corrected chi connectivity index (χ3v) is 5.45. The van der Waals surface area contributed by atoms with Crippen LogP contribution in [0.1, 0.15) is 28.3 Å². The molecule has 3 amide bonds. The highest BCUT2D eigenvalue weighted by Crippen LogP contribution is 2.36. The van der Waals surface area contributed by atoms with E-state index in [-0.39, 0.29) is 25.5 Å². The first-order valence-electron chi connectivity index (χ1n) is 9.90. The van der Waals surface area contributed by atoms with Gasteiger partial charge in [-0.2, -0.15) is 0 Å². The minimum Gasteiger partial charge on any atom is -0.456 e. The van der Waals surface area contributed by atoms with Crippen LogP contribution in [0.4, 0.5) is 9.18 Å². The number of halogens is 1. The molecule has 0 saturated heterocycles. The van der Waals surface area contributed by atoms with Gasteiger partial charge in [-0.1, -0.05) is 35.9 Å². The largest absolute Gasteiger partial charge is 0.456 e. The molecule has 0 aromatic heterocycles. The molecular weight excluding hydrogens is 401 g/mol. The summed E-state index contributed by atoms with van der Waals surface area (Å²) in [5.41, 5.74) is 4.24. The van der Waals surface area contributed by atoms with Gasteiger partial charge in [0.1, 0.15) is 19.0 Å².